The average Bonchev–Trinajstić information content (AvgIpc) is 3.17. The molecule has 0 aliphatic rings. The molecule has 0 radical (unpaired) electrons. The quantitative estimate of drug-likeness (QED) is 0.381. The number of benzene rings is 2. The molecule has 0 atom stereocenters. The molecule has 0 bridgehead atoms. The number of H-pyrrole nitrogens is 1. The van der Waals surface area contributed by atoms with E-state index in [1.165, 1.54) is 0 Å². The van der Waals surface area contributed by atoms with Gasteiger partial charge < -0.3 is 10.1 Å². The first-order valence-electron chi connectivity index (χ1n) is 8.57. The summed E-state index contributed by atoms with van der Waals surface area (Å²) in [7, 11) is 1.65. The molecule has 2 heterocycles. The Morgan fingerprint density at radius 3 is 2.46 bits per heavy atom. The van der Waals surface area contributed by atoms with Crippen molar-refractivity contribution in [2.45, 2.75) is 9.79 Å². The maximum absolute atomic E-state index is 6.21. The molecule has 0 fully saturated rings. The smallest absolute Gasteiger partial charge is 0.153 e. The highest BCUT2D eigenvalue weighted by atomic mass is 35.5. The highest BCUT2D eigenvalue weighted by molar-refractivity contribution is 7.99. The van der Waals surface area contributed by atoms with Crippen molar-refractivity contribution in [1.29, 1.82) is 0 Å². The number of aromatic amines is 1. The third kappa shape index (κ3) is 4.47. The molecule has 0 aliphatic heterocycles. The molecular weight excluding hydrogens is 392 g/mol. The number of anilines is 2. The Morgan fingerprint density at radius 2 is 1.71 bits per heavy atom. The summed E-state index contributed by atoms with van der Waals surface area (Å²) in [6, 6.07) is 23.6. The lowest BCUT2D eigenvalue weighted by atomic mass is 10.1. The number of hydrogen-bond donors (Lipinski definition) is 2. The highest BCUT2D eigenvalue weighted by Gasteiger charge is 2.08. The van der Waals surface area contributed by atoms with E-state index in [1.807, 2.05) is 60.7 Å². The Kier molecular flexibility index (Phi) is 5.50. The summed E-state index contributed by atoms with van der Waals surface area (Å²) in [4.78, 5) is 6.48. The largest absolute Gasteiger partial charge is 0.497 e. The molecule has 2 aromatic heterocycles. The van der Waals surface area contributed by atoms with E-state index in [9.17, 15) is 0 Å². The van der Waals surface area contributed by atoms with Crippen molar-refractivity contribution in [3.8, 4) is 17.0 Å². The standard InChI is InChI=1S/C21H17ClN4OS/c1-27-15-9-7-14(8-10-15)18-13-21(26-25-18)24-20-12-17(11-19(22)23-20)28-16-5-3-2-4-6-16/h2-13H,1H3,(H2,23,24,25,26). The lowest BCUT2D eigenvalue weighted by Gasteiger charge is -2.06. The summed E-state index contributed by atoms with van der Waals surface area (Å²) in [5, 5.41) is 11.0. The van der Waals surface area contributed by atoms with Crippen molar-refractivity contribution in [1.82, 2.24) is 15.2 Å². The maximum Gasteiger partial charge on any atom is 0.153 e. The fourth-order valence-corrected chi connectivity index (χ4v) is 3.84. The van der Waals surface area contributed by atoms with Crippen molar-refractivity contribution in [3.05, 3.63) is 77.9 Å². The Morgan fingerprint density at radius 1 is 0.929 bits per heavy atom. The average molecular weight is 409 g/mol. The van der Waals surface area contributed by atoms with Gasteiger partial charge in [-0.1, -0.05) is 41.6 Å². The van der Waals surface area contributed by atoms with Crippen LogP contribution in [-0.4, -0.2) is 22.3 Å². The normalized spacial score (nSPS) is 10.6. The number of halogens is 1. The van der Waals surface area contributed by atoms with Gasteiger partial charge in [0.05, 0.1) is 12.8 Å². The fourth-order valence-electron chi connectivity index (χ4n) is 2.66. The second kappa shape index (κ2) is 8.37. The summed E-state index contributed by atoms with van der Waals surface area (Å²) < 4.78 is 5.19. The van der Waals surface area contributed by atoms with Crippen LogP contribution in [0.15, 0.2) is 82.6 Å². The van der Waals surface area contributed by atoms with Crippen LogP contribution < -0.4 is 10.1 Å². The third-order valence-corrected chi connectivity index (χ3v) is 5.15. The Hall–Kier alpha value is -2.96. The monoisotopic (exact) mass is 408 g/mol. The number of nitrogens with one attached hydrogen (secondary N) is 2. The molecule has 2 aromatic carbocycles. The molecule has 0 amide bonds. The number of methoxy groups -OCH3 is 1. The lowest BCUT2D eigenvalue weighted by Crippen LogP contribution is -1.94. The van der Waals surface area contributed by atoms with Crippen LogP contribution in [0.3, 0.4) is 0 Å². The zero-order valence-electron chi connectivity index (χ0n) is 15.0. The van der Waals surface area contributed by atoms with E-state index in [4.69, 9.17) is 16.3 Å². The predicted molar refractivity (Wildman–Crippen MR) is 114 cm³/mol. The molecule has 140 valence electrons. The first-order chi connectivity index (χ1) is 13.7. The molecule has 5 nitrogen and oxygen atoms in total. The highest BCUT2D eigenvalue weighted by Crippen LogP contribution is 2.31. The number of nitrogens with zero attached hydrogens (tertiary/aromatic N) is 2. The third-order valence-electron chi connectivity index (χ3n) is 3.98. The second-order valence-electron chi connectivity index (χ2n) is 5.95. The summed E-state index contributed by atoms with van der Waals surface area (Å²) in [5.41, 5.74) is 1.91. The van der Waals surface area contributed by atoms with Gasteiger partial charge in [0, 0.05) is 15.9 Å². The number of rotatable bonds is 6. The number of hydrogen-bond acceptors (Lipinski definition) is 5. The Balaban J connectivity index is 1.52. The van der Waals surface area contributed by atoms with Gasteiger partial charge in [0.15, 0.2) is 5.82 Å². The number of pyridine rings is 1. The maximum atomic E-state index is 6.21. The zero-order chi connectivity index (χ0) is 19.3. The minimum atomic E-state index is 0.425. The van der Waals surface area contributed by atoms with Gasteiger partial charge in [-0.05, 0) is 54.1 Å². The molecule has 0 unspecified atom stereocenters. The lowest BCUT2D eigenvalue weighted by molar-refractivity contribution is 0.415. The first kappa shape index (κ1) is 18.4. The van der Waals surface area contributed by atoms with Crippen LogP contribution in [0.2, 0.25) is 5.15 Å². The van der Waals surface area contributed by atoms with E-state index < -0.39 is 0 Å². The minimum absolute atomic E-state index is 0.425. The molecule has 0 spiro atoms. The molecule has 2 N–H and O–H groups in total. The topological polar surface area (TPSA) is 62.8 Å². The molecule has 0 aliphatic carbocycles. The van der Waals surface area contributed by atoms with Crippen molar-refractivity contribution < 1.29 is 4.74 Å². The van der Waals surface area contributed by atoms with Crippen molar-refractivity contribution in [3.63, 3.8) is 0 Å². The summed E-state index contributed by atoms with van der Waals surface area (Å²) in [6.07, 6.45) is 0. The van der Waals surface area contributed by atoms with Crippen LogP contribution in [0.25, 0.3) is 11.3 Å². The molecule has 4 rings (SSSR count). The molecule has 28 heavy (non-hydrogen) atoms. The van der Waals surface area contributed by atoms with Crippen molar-refractivity contribution >= 4 is 35.0 Å². The van der Waals surface area contributed by atoms with Crippen molar-refractivity contribution in [2.75, 3.05) is 12.4 Å². The van der Waals surface area contributed by atoms with Gasteiger partial charge in [0.25, 0.3) is 0 Å². The molecule has 7 heteroatoms. The van der Waals surface area contributed by atoms with Crippen LogP contribution in [0.5, 0.6) is 5.75 Å². The zero-order valence-corrected chi connectivity index (χ0v) is 16.6. The van der Waals surface area contributed by atoms with Gasteiger partial charge in [-0.2, -0.15) is 5.10 Å². The van der Waals surface area contributed by atoms with E-state index in [0.29, 0.717) is 16.8 Å². The van der Waals surface area contributed by atoms with Gasteiger partial charge in [-0.3, -0.25) is 5.10 Å². The molecule has 0 saturated carbocycles. The van der Waals surface area contributed by atoms with Gasteiger partial charge >= 0.3 is 0 Å². The Bertz CT molecular complexity index is 1070. The van der Waals surface area contributed by atoms with Crippen molar-refractivity contribution in [2.24, 2.45) is 0 Å². The van der Waals surface area contributed by atoms with E-state index in [2.05, 4.69) is 32.6 Å². The summed E-state index contributed by atoms with van der Waals surface area (Å²) in [5.74, 6) is 2.11. The van der Waals surface area contributed by atoms with Crippen LogP contribution in [0.4, 0.5) is 11.6 Å². The predicted octanol–water partition coefficient (Wildman–Crippen LogP) is 6.03. The van der Waals surface area contributed by atoms with E-state index in [-0.39, 0.29) is 0 Å². The van der Waals surface area contributed by atoms with E-state index in [1.54, 1.807) is 18.9 Å². The van der Waals surface area contributed by atoms with Gasteiger partial charge in [0.2, 0.25) is 0 Å². The van der Waals surface area contributed by atoms with Crippen LogP contribution in [0.1, 0.15) is 0 Å². The van der Waals surface area contributed by atoms with Gasteiger partial charge in [-0.25, -0.2) is 4.98 Å². The molecule has 4 aromatic rings. The van der Waals surface area contributed by atoms with Crippen LogP contribution >= 0.6 is 23.4 Å². The fraction of sp³-hybridized carbons (Fsp3) is 0.0476. The van der Waals surface area contributed by atoms with E-state index in [0.717, 1.165) is 26.8 Å². The number of aromatic nitrogens is 3. The van der Waals surface area contributed by atoms with Gasteiger partial charge in [0.1, 0.15) is 16.7 Å². The molecular formula is C21H17ClN4OS. The van der Waals surface area contributed by atoms with Gasteiger partial charge in [-0.15, -0.1) is 0 Å². The first-order valence-corrected chi connectivity index (χ1v) is 9.76. The summed E-state index contributed by atoms with van der Waals surface area (Å²) in [6.45, 7) is 0. The molecule has 0 saturated heterocycles. The summed E-state index contributed by atoms with van der Waals surface area (Å²) >= 11 is 7.84. The minimum Gasteiger partial charge on any atom is -0.497 e. The van der Waals surface area contributed by atoms with Crippen LogP contribution in [0, 0.1) is 0 Å². The second-order valence-corrected chi connectivity index (χ2v) is 7.48. The van der Waals surface area contributed by atoms with Crippen LogP contribution in [-0.2, 0) is 0 Å². The van der Waals surface area contributed by atoms with E-state index >= 15 is 0 Å². The SMILES string of the molecule is COc1ccc(-c2cc(Nc3cc(Sc4ccccc4)cc(Cl)n3)n[nH]2)cc1. The Labute approximate surface area is 172 Å². The number of ether oxygens (including phenoxy) is 1.